The number of quaternary nitrogens is 1. The normalized spacial score (nSPS) is 11.7. The third-order valence-electron chi connectivity index (χ3n) is 11.5. The van der Waals surface area contributed by atoms with Gasteiger partial charge in [0.05, 0.1) is 27.2 Å². The van der Waals surface area contributed by atoms with Gasteiger partial charge in [-0.15, -0.1) is 0 Å². The largest absolute Gasteiger partial charge is 0.378 e. The molecule has 1 aromatic carbocycles. The second-order valence-corrected chi connectivity index (χ2v) is 17.4. The Hall–Kier alpha value is -1.55. The van der Waals surface area contributed by atoms with Crippen LogP contribution >= 0.6 is 0 Å². The zero-order valence-corrected chi connectivity index (χ0v) is 36.1. The Morgan fingerprint density at radius 3 is 1.06 bits per heavy atom. The summed E-state index contributed by atoms with van der Waals surface area (Å²) < 4.78 is 1.05. The van der Waals surface area contributed by atoms with E-state index in [4.69, 9.17) is 0 Å². The van der Waals surface area contributed by atoms with Crippen molar-refractivity contribution in [2.75, 3.05) is 52.7 Å². The second-order valence-electron chi connectivity index (χ2n) is 17.4. The van der Waals surface area contributed by atoms with E-state index in [1.165, 1.54) is 212 Å². The van der Waals surface area contributed by atoms with Gasteiger partial charge in [0, 0.05) is 38.3 Å². The van der Waals surface area contributed by atoms with Gasteiger partial charge in [-0.2, -0.15) is 0 Å². The number of benzene rings is 1. The lowest BCUT2D eigenvalue weighted by Gasteiger charge is -2.30. The highest BCUT2D eigenvalue weighted by molar-refractivity contribution is 5.94. The summed E-state index contributed by atoms with van der Waals surface area (Å²) in [5, 5.41) is 3.10. The van der Waals surface area contributed by atoms with E-state index < -0.39 is 0 Å². The maximum absolute atomic E-state index is 12.4. The predicted octanol–water partition coefficient (Wildman–Crippen LogP) is 14.5. The molecule has 0 spiro atoms. The first-order chi connectivity index (χ1) is 25.4. The van der Waals surface area contributed by atoms with Gasteiger partial charge in [-0.3, -0.25) is 4.79 Å². The van der Waals surface area contributed by atoms with E-state index >= 15 is 0 Å². The molecule has 4 nitrogen and oxygen atoms in total. The number of unbranched alkanes of at least 4 members (excludes halogenated alkanes) is 31. The number of nitrogens with one attached hydrogen (secondary N) is 1. The van der Waals surface area contributed by atoms with Gasteiger partial charge in [0.15, 0.2) is 0 Å². The maximum atomic E-state index is 12.4. The molecule has 1 rings (SSSR count). The van der Waals surface area contributed by atoms with Crippen LogP contribution in [0.25, 0.3) is 0 Å². The van der Waals surface area contributed by atoms with Gasteiger partial charge in [-0.25, -0.2) is 0 Å². The Morgan fingerprint density at radius 1 is 0.462 bits per heavy atom. The van der Waals surface area contributed by atoms with Crippen molar-refractivity contribution in [2.24, 2.45) is 0 Å². The van der Waals surface area contributed by atoms with Gasteiger partial charge < -0.3 is 14.7 Å². The fourth-order valence-corrected chi connectivity index (χ4v) is 7.75. The quantitative estimate of drug-likeness (QED) is 0.0541. The Morgan fingerprint density at radius 2 is 0.750 bits per heavy atom. The van der Waals surface area contributed by atoms with Crippen molar-refractivity contribution >= 4 is 11.6 Å². The summed E-state index contributed by atoms with van der Waals surface area (Å²) in [4.78, 5) is 14.5. The van der Waals surface area contributed by atoms with E-state index in [9.17, 15) is 4.79 Å². The van der Waals surface area contributed by atoms with Crippen LogP contribution in [0.2, 0.25) is 0 Å². The van der Waals surface area contributed by atoms with Crippen molar-refractivity contribution in [3.8, 4) is 0 Å². The molecule has 0 heterocycles. The fraction of sp³-hybridized carbons (Fsp3) is 0.854. The zero-order valence-electron chi connectivity index (χ0n) is 36.1. The van der Waals surface area contributed by atoms with Crippen LogP contribution in [0.15, 0.2) is 24.3 Å². The smallest absolute Gasteiger partial charge is 0.251 e. The van der Waals surface area contributed by atoms with Gasteiger partial charge in [-0.05, 0) is 37.1 Å². The minimum Gasteiger partial charge on any atom is -0.378 e. The molecule has 1 N–H and O–H groups in total. The molecule has 0 bridgehead atoms. The van der Waals surface area contributed by atoms with Crippen LogP contribution in [0, 0.1) is 0 Å². The summed E-state index contributed by atoms with van der Waals surface area (Å²) in [5.74, 6) is 0.0342. The molecule has 0 atom stereocenters. The summed E-state index contributed by atoms with van der Waals surface area (Å²) >= 11 is 0. The van der Waals surface area contributed by atoms with Crippen molar-refractivity contribution < 1.29 is 9.28 Å². The van der Waals surface area contributed by atoms with Crippen molar-refractivity contribution in [1.29, 1.82) is 0 Å². The first-order valence-electron chi connectivity index (χ1n) is 23.2. The molecule has 4 heteroatoms. The summed E-state index contributed by atoms with van der Waals surface area (Å²) in [7, 11) is 8.71. The standard InChI is InChI=1S/C48H91N3O/c1-6-7-8-9-10-11-12-13-14-15-16-17-18-19-20-21-22-23-24-25-26-27-28-29-30-31-32-33-34-35-36-37-44-51(4,5)45-38-43-49-48(52)46-39-41-47(42-40-46)50(2)3/h39-42H,6-38,43-45H2,1-5H3/p+1. The highest BCUT2D eigenvalue weighted by Gasteiger charge is 2.14. The van der Waals surface area contributed by atoms with Crippen molar-refractivity contribution in [3.63, 3.8) is 0 Å². The molecule has 0 fully saturated rings. The number of rotatable bonds is 39. The molecule has 0 radical (unpaired) electrons. The number of hydrogen-bond donors (Lipinski definition) is 1. The monoisotopic (exact) mass is 727 g/mol. The van der Waals surface area contributed by atoms with Gasteiger partial charge in [0.1, 0.15) is 0 Å². The third-order valence-corrected chi connectivity index (χ3v) is 11.5. The average molecular weight is 727 g/mol. The highest BCUT2D eigenvalue weighted by Crippen LogP contribution is 2.17. The lowest BCUT2D eigenvalue weighted by atomic mass is 10.0. The lowest BCUT2D eigenvalue weighted by molar-refractivity contribution is -0.890. The summed E-state index contributed by atoms with van der Waals surface area (Å²) in [6.45, 7) is 5.40. The van der Waals surface area contributed by atoms with Crippen molar-refractivity contribution in [1.82, 2.24) is 5.32 Å². The number of anilines is 1. The van der Waals surface area contributed by atoms with Crippen LogP contribution in [-0.4, -0.2) is 58.2 Å². The van der Waals surface area contributed by atoms with Gasteiger partial charge in [-0.1, -0.05) is 200 Å². The number of nitrogens with zero attached hydrogens (tertiary/aromatic N) is 2. The minimum atomic E-state index is 0.0342. The lowest BCUT2D eigenvalue weighted by Crippen LogP contribution is -2.42. The SMILES string of the molecule is CCCCCCCCCCCCCCCCCCCCCCCCCCCCCCCCCC[N+](C)(C)CCCNC(=O)c1ccc(N(C)C)cc1. The van der Waals surface area contributed by atoms with Crippen LogP contribution in [0.1, 0.15) is 229 Å². The first kappa shape index (κ1) is 48.5. The average Bonchev–Trinajstić information content (AvgIpc) is 3.13. The van der Waals surface area contributed by atoms with E-state index in [1.807, 2.05) is 43.3 Å². The number of hydrogen-bond acceptors (Lipinski definition) is 2. The van der Waals surface area contributed by atoms with Crippen molar-refractivity contribution in [3.05, 3.63) is 29.8 Å². The third kappa shape index (κ3) is 30.9. The number of carbonyl (C=O) groups is 1. The summed E-state index contributed by atoms with van der Waals surface area (Å²) in [6, 6.07) is 7.82. The summed E-state index contributed by atoms with van der Waals surface area (Å²) in [5.41, 5.74) is 1.85. The molecule has 304 valence electrons. The molecule has 0 aliphatic rings. The van der Waals surface area contributed by atoms with E-state index in [0.29, 0.717) is 0 Å². The molecule has 0 aliphatic heterocycles. The van der Waals surface area contributed by atoms with Gasteiger partial charge in [0.25, 0.3) is 5.91 Å². The van der Waals surface area contributed by atoms with Crippen LogP contribution in [0.4, 0.5) is 5.69 Å². The Kier molecular flexibility index (Phi) is 32.8. The van der Waals surface area contributed by atoms with Crippen LogP contribution in [0.3, 0.4) is 0 Å². The molecular weight excluding hydrogens is 635 g/mol. The molecule has 0 saturated carbocycles. The summed E-state index contributed by atoms with van der Waals surface area (Å²) in [6.07, 6.45) is 47.5. The zero-order chi connectivity index (χ0) is 37.8. The first-order valence-corrected chi connectivity index (χ1v) is 23.2. The van der Waals surface area contributed by atoms with Crippen LogP contribution < -0.4 is 10.2 Å². The molecule has 1 amide bonds. The molecule has 52 heavy (non-hydrogen) atoms. The van der Waals surface area contributed by atoms with Gasteiger partial charge in [0.2, 0.25) is 0 Å². The topological polar surface area (TPSA) is 32.3 Å². The van der Waals surface area contributed by atoms with E-state index in [1.54, 1.807) is 0 Å². The van der Waals surface area contributed by atoms with E-state index in [-0.39, 0.29) is 5.91 Å². The molecule has 0 aromatic heterocycles. The van der Waals surface area contributed by atoms with E-state index in [2.05, 4.69) is 26.3 Å². The Balaban J connectivity index is 1.75. The molecule has 0 saturated heterocycles. The Bertz CT molecular complexity index is 895. The second kappa shape index (κ2) is 35.2. The minimum absolute atomic E-state index is 0.0342. The highest BCUT2D eigenvalue weighted by atomic mass is 16.1. The van der Waals surface area contributed by atoms with Crippen molar-refractivity contribution in [2.45, 2.75) is 219 Å². The molecule has 1 aromatic rings. The fourth-order valence-electron chi connectivity index (χ4n) is 7.75. The van der Waals surface area contributed by atoms with E-state index in [0.717, 1.165) is 35.2 Å². The predicted molar refractivity (Wildman–Crippen MR) is 233 cm³/mol. The number of amides is 1. The van der Waals surface area contributed by atoms with Crippen LogP contribution in [-0.2, 0) is 0 Å². The van der Waals surface area contributed by atoms with Gasteiger partial charge >= 0.3 is 0 Å². The van der Waals surface area contributed by atoms with Crippen LogP contribution in [0.5, 0.6) is 0 Å². The molecule has 0 aliphatic carbocycles. The molecule has 0 unspecified atom stereocenters. The molecular formula is C48H92N3O+. The Labute approximate surface area is 326 Å². The maximum Gasteiger partial charge on any atom is 0.251 e. The number of carbonyl (C=O) groups excluding carboxylic acids is 1.